The van der Waals surface area contributed by atoms with Crippen LogP contribution in [0.3, 0.4) is 0 Å². The molecule has 0 aromatic heterocycles. The molecule has 9 heteroatoms. The van der Waals surface area contributed by atoms with Gasteiger partial charge < -0.3 is 19.9 Å². The number of hydrogen-bond acceptors (Lipinski definition) is 5. The van der Waals surface area contributed by atoms with E-state index in [1.165, 1.54) is 6.92 Å². The highest BCUT2D eigenvalue weighted by Crippen LogP contribution is 2.39. The van der Waals surface area contributed by atoms with E-state index >= 15 is 0 Å². The van der Waals surface area contributed by atoms with Gasteiger partial charge in [-0.15, -0.1) is 0 Å². The van der Waals surface area contributed by atoms with Crippen LogP contribution in [0.4, 0.5) is 11.4 Å². The maximum atomic E-state index is 13.7. The number of hydrogen-bond donors (Lipinski definition) is 1. The van der Waals surface area contributed by atoms with E-state index in [2.05, 4.69) is 10.2 Å². The highest BCUT2D eigenvalue weighted by atomic mass is 35.5. The first-order valence-corrected chi connectivity index (χ1v) is 12.6. The Labute approximate surface area is 225 Å². The molecule has 3 aromatic carbocycles. The third-order valence-electron chi connectivity index (χ3n) is 6.21. The van der Waals surface area contributed by atoms with Crippen LogP contribution in [-0.4, -0.2) is 43.3 Å². The van der Waals surface area contributed by atoms with Crippen molar-refractivity contribution in [1.82, 2.24) is 4.90 Å². The fourth-order valence-corrected chi connectivity index (χ4v) is 4.98. The van der Waals surface area contributed by atoms with E-state index in [0.29, 0.717) is 34.1 Å². The fraction of sp³-hybridized carbons (Fsp3) is 0.250. The molecule has 0 spiro atoms. The van der Waals surface area contributed by atoms with Crippen LogP contribution in [0.5, 0.6) is 5.75 Å². The molecule has 0 radical (unpaired) electrons. The third-order valence-corrected chi connectivity index (χ3v) is 6.86. The summed E-state index contributed by atoms with van der Waals surface area (Å²) >= 11 is 12.7. The minimum Gasteiger partial charge on any atom is -0.427 e. The molecule has 3 aromatic rings. The Hall–Kier alpha value is -3.39. The van der Waals surface area contributed by atoms with Gasteiger partial charge in [0, 0.05) is 30.9 Å². The Bertz CT molecular complexity index is 1360. The number of nitrogens with one attached hydrogen (secondary N) is 1. The summed E-state index contributed by atoms with van der Waals surface area (Å²) in [7, 11) is 3.97. The van der Waals surface area contributed by atoms with Crippen molar-refractivity contribution >= 4 is 52.4 Å². The monoisotopic (exact) mass is 539 g/mol. The molecule has 4 rings (SSSR count). The quantitative estimate of drug-likeness (QED) is 0.307. The van der Waals surface area contributed by atoms with Crippen LogP contribution >= 0.6 is 23.2 Å². The second-order valence-electron chi connectivity index (χ2n) is 9.02. The Kier molecular flexibility index (Phi) is 8.17. The maximum absolute atomic E-state index is 13.7. The van der Waals surface area contributed by atoms with E-state index < -0.39 is 5.97 Å². The maximum Gasteiger partial charge on any atom is 0.308 e. The summed E-state index contributed by atoms with van der Waals surface area (Å²) in [6.07, 6.45) is 1.60. The number of rotatable bonds is 5. The van der Waals surface area contributed by atoms with E-state index in [1.807, 2.05) is 20.2 Å². The van der Waals surface area contributed by atoms with Crippen molar-refractivity contribution in [2.45, 2.75) is 25.8 Å². The molecule has 1 aliphatic rings. The molecule has 0 saturated heterocycles. The van der Waals surface area contributed by atoms with Crippen molar-refractivity contribution in [3.05, 3.63) is 87.4 Å². The van der Waals surface area contributed by atoms with Gasteiger partial charge in [-0.25, -0.2) is 0 Å². The zero-order valence-electron chi connectivity index (χ0n) is 20.8. The Morgan fingerprint density at radius 2 is 1.73 bits per heavy atom. The van der Waals surface area contributed by atoms with Gasteiger partial charge >= 0.3 is 5.97 Å². The number of halogens is 2. The van der Waals surface area contributed by atoms with E-state index in [9.17, 15) is 14.4 Å². The summed E-state index contributed by atoms with van der Waals surface area (Å²) in [5.74, 6) is -0.601. The molecule has 0 saturated carbocycles. The molecule has 1 aliphatic heterocycles. The van der Waals surface area contributed by atoms with Gasteiger partial charge in [0.25, 0.3) is 11.8 Å². The van der Waals surface area contributed by atoms with Crippen LogP contribution in [0, 0.1) is 0 Å². The zero-order chi connectivity index (χ0) is 26.7. The minimum atomic E-state index is -0.406. The van der Waals surface area contributed by atoms with Crippen LogP contribution < -0.4 is 15.0 Å². The molecule has 1 atom stereocenters. The number of ether oxygens (including phenoxy) is 1. The van der Waals surface area contributed by atoms with Gasteiger partial charge in [0.1, 0.15) is 5.75 Å². The molecule has 1 N–H and O–H groups in total. The second-order valence-corrected chi connectivity index (χ2v) is 9.84. The number of fused-ring (bicyclic) bond motifs is 1. The molecular formula is C28H27Cl2N3O4. The molecule has 192 valence electrons. The van der Waals surface area contributed by atoms with Crippen molar-refractivity contribution in [2.24, 2.45) is 0 Å². The van der Waals surface area contributed by atoms with Crippen molar-refractivity contribution in [3.63, 3.8) is 0 Å². The zero-order valence-corrected chi connectivity index (χ0v) is 22.3. The summed E-state index contributed by atoms with van der Waals surface area (Å²) in [5, 5.41) is 3.33. The second kappa shape index (κ2) is 11.3. The smallest absolute Gasteiger partial charge is 0.308 e. The number of carbonyl (C=O) groups is 3. The van der Waals surface area contributed by atoms with Gasteiger partial charge in [-0.2, -0.15) is 0 Å². The third kappa shape index (κ3) is 5.96. The Balaban J connectivity index is 1.63. The lowest BCUT2D eigenvalue weighted by Gasteiger charge is -2.27. The predicted octanol–water partition coefficient (Wildman–Crippen LogP) is 6.21. The van der Waals surface area contributed by atoms with Crippen LogP contribution in [-0.2, 0) is 4.79 Å². The Morgan fingerprint density at radius 1 is 0.973 bits per heavy atom. The first-order valence-electron chi connectivity index (χ1n) is 11.8. The van der Waals surface area contributed by atoms with Crippen LogP contribution in [0.15, 0.2) is 60.7 Å². The van der Waals surface area contributed by atoms with Gasteiger partial charge in [-0.1, -0.05) is 35.3 Å². The fourth-order valence-electron chi connectivity index (χ4n) is 4.50. The highest BCUT2D eigenvalue weighted by Gasteiger charge is 2.30. The van der Waals surface area contributed by atoms with Gasteiger partial charge in [0.05, 0.1) is 21.2 Å². The first-order chi connectivity index (χ1) is 17.7. The van der Waals surface area contributed by atoms with Crippen molar-refractivity contribution in [3.8, 4) is 5.75 Å². The molecule has 37 heavy (non-hydrogen) atoms. The molecule has 0 aliphatic carbocycles. The van der Waals surface area contributed by atoms with Gasteiger partial charge in [0.15, 0.2) is 0 Å². The van der Waals surface area contributed by atoms with E-state index in [1.54, 1.807) is 59.5 Å². The van der Waals surface area contributed by atoms with Gasteiger partial charge in [-0.05, 0) is 81.0 Å². The lowest BCUT2D eigenvalue weighted by Crippen LogP contribution is -2.32. The van der Waals surface area contributed by atoms with Crippen molar-refractivity contribution in [1.29, 1.82) is 0 Å². The summed E-state index contributed by atoms with van der Waals surface area (Å²) in [4.78, 5) is 41.6. The number of carbonyl (C=O) groups excluding carboxylic acids is 3. The lowest BCUT2D eigenvalue weighted by atomic mass is 10.00. The highest BCUT2D eigenvalue weighted by molar-refractivity contribution is 6.35. The molecule has 2 amide bonds. The average molecular weight is 540 g/mol. The normalized spacial score (nSPS) is 15.1. The van der Waals surface area contributed by atoms with E-state index in [4.69, 9.17) is 27.9 Å². The summed E-state index contributed by atoms with van der Waals surface area (Å²) in [5.41, 5.74) is 2.74. The van der Waals surface area contributed by atoms with Gasteiger partial charge in [-0.3, -0.25) is 14.4 Å². The minimum absolute atomic E-state index is 0.0428. The molecule has 7 nitrogen and oxygen atoms in total. The number of amides is 2. The largest absolute Gasteiger partial charge is 0.427 e. The topological polar surface area (TPSA) is 79.0 Å². The summed E-state index contributed by atoms with van der Waals surface area (Å²) in [6, 6.07) is 16.9. The van der Waals surface area contributed by atoms with Crippen molar-refractivity contribution < 1.29 is 19.1 Å². The molecule has 0 bridgehead atoms. The Morgan fingerprint density at radius 3 is 2.41 bits per heavy atom. The number of nitrogens with zero attached hydrogens (tertiary/aromatic N) is 2. The standard InChI is InChI=1S/C28H27Cl2N3O4/c1-17(34)37-19-11-13-26-22(16-19)25(32(2)3)9-6-14-33(26)28(36)21-12-10-18(15-24(21)30)31-27(35)20-7-4-5-8-23(20)29/h4-5,7-8,10-13,15-16,25H,6,9,14H2,1-3H3,(H,31,35). The number of benzene rings is 3. The predicted molar refractivity (Wildman–Crippen MR) is 146 cm³/mol. The SMILES string of the molecule is CC(=O)Oc1ccc2c(c1)C(N(C)C)CCCN2C(=O)c1ccc(NC(=O)c2ccccc2Cl)cc1Cl. The molecular weight excluding hydrogens is 513 g/mol. The van der Waals surface area contributed by atoms with Crippen molar-refractivity contribution in [2.75, 3.05) is 30.9 Å². The average Bonchev–Trinajstić information content (AvgIpc) is 3.03. The summed E-state index contributed by atoms with van der Waals surface area (Å²) < 4.78 is 5.31. The number of anilines is 2. The van der Waals surface area contributed by atoms with E-state index in [0.717, 1.165) is 24.1 Å². The lowest BCUT2D eigenvalue weighted by molar-refractivity contribution is -0.131. The van der Waals surface area contributed by atoms with E-state index in [-0.39, 0.29) is 22.9 Å². The van der Waals surface area contributed by atoms with Crippen LogP contribution in [0.25, 0.3) is 0 Å². The molecule has 1 heterocycles. The number of esters is 1. The molecule has 0 fully saturated rings. The first kappa shape index (κ1) is 26.7. The van der Waals surface area contributed by atoms with Gasteiger partial charge in [0.2, 0.25) is 0 Å². The molecule has 1 unspecified atom stereocenters. The van der Waals surface area contributed by atoms with Crippen LogP contribution in [0.1, 0.15) is 52.1 Å². The van der Waals surface area contributed by atoms with Crippen LogP contribution in [0.2, 0.25) is 10.0 Å². The summed E-state index contributed by atoms with van der Waals surface area (Å²) in [6.45, 7) is 1.86.